The molecular formula is C17H24N2O6. The van der Waals surface area contributed by atoms with Gasteiger partial charge in [-0.1, -0.05) is 0 Å². The van der Waals surface area contributed by atoms with Crippen LogP contribution in [0, 0.1) is 10.1 Å². The summed E-state index contributed by atoms with van der Waals surface area (Å²) in [5.74, 6) is -0.228. The van der Waals surface area contributed by atoms with Crippen LogP contribution in [-0.2, 0) is 25.6 Å². The van der Waals surface area contributed by atoms with Crippen LogP contribution in [0.2, 0.25) is 0 Å². The lowest BCUT2D eigenvalue weighted by Crippen LogP contribution is -2.36. The fourth-order valence-electron chi connectivity index (χ4n) is 2.67. The summed E-state index contributed by atoms with van der Waals surface area (Å²) in [6.07, 6.45) is 1.80. The van der Waals surface area contributed by atoms with Crippen LogP contribution in [0.4, 0.5) is 11.4 Å². The van der Waals surface area contributed by atoms with Crippen molar-refractivity contribution < 1.29 is 23.9 Å². The monoisotopic (exact) mass is 352 g/mol. The van der Waals surface area contributed by atoms with Gasteiger partial charge in [0.15, 0.2) is 0 Å². The number of methoxy groups -OCH3 is 1. The van der Waals surface area contributed by atoms with E-state index in [1.807, 2.05) is 0 Å². The van der Waals surface area contributed by atoms with Crippen LogP contribution in [0.1, 0.15) is 24.8 Å². The quantitative estimate of drug-likeness (QED) is 0.291. The van der Waals surface area contributed by atoms with Crippen molar-refractivity contribution in [1.29, 1.82) is 0 Å². The summed E-state index contributed by atoms with van der Waals surface area (Å²) in [6, 6.07) is 4.86. The van der Waals surface area contributed by atoms with Crippen molar-refractivity contribution in [1.82, 2.24) is 0 Å². The van der Waals surface area contributed by atoms with Gasteiger partial charge in [0.05, 0.1) is 31.9 Å². The van der Waals surface area contributed by atoms with Gasteiger partial charge in [-0.15, -0.1) is 0 Å². The highest BCUT2D eigenvalue weighted by Crippen LogP contribution is 2.27. The molecule has 0 N–H and O–H groups in total. The number of morpholine rings is 1. The number of unbranched alkanes of at least 4 members (excludes halogenated alkanes) is 1. The summed E-state index contributed by atoms with van der Waals surface area (Å²) in [5.41, 5.74) is 1.80. The summed E-state index contributed by atoms with van der Waals surface area (Å²) >= 11 is 0. The zero-order chi connectivity index (χ0) is 18.1. The number of hydrogen-bond acceptors (Lipinski definition) is 7. The van der Waals surface area contributed by atoms with Crippen LogP contribution in [0.3, 0.4) is 0 Å². The number of carbonyl (C=O) groups is 1. The number of benzene rings is 1. The third-order valence-electron chi connectivity index (χ3n) is 4.03. The lowest BCUT2D eigenvalue weighted by atomic mass is 10.1. The number of nitrogens with zero attached hydrogens (tertiary/aromatic N) is 2. The summed E-state index contributed by atoms with van der Waals surface area (Å²) in [6.45, 7) is 3.58. The number of nitro benzene ring substituents is 1. The molecule has 2 rings (SSSR count). The fraction of sp³-hybridized carbons (Fsp3) is 0.588. The van der Waals surface area contributed by atoms with E-state index in [9.17, 15) is 14.9 Å². The van der Waals surface area contributed by atoms with Crippen molar-refractivity contribution in [3.05, 3.63) is 33.9 Å². The van der Waals surface area contributed by atoms with Crippen LogP contribution in [0.15, 0.2) is 18.2 Å². The molecule has 8 nitrogen and oxygen atoms in total. The normalized spacial score (nSPS) is 14.4. The van der Waals surface area contributed by atoms with Gasteiger partial charge in [0.25, 0.3) is 5.69 Å². The molecule has 0 bridgehead atoms. The van der Waals surface area contributed by atoms with Crippen molar-refractivity contribution in [2.24, 2.45) is 0 Å². The molecule has 0 spiro atoms. The number of rotatable bonds is 9. The Morgan fingerprint density at radius 1 is 1.32 bits per heavy atom. The Hall–Kier alpha value is -2.19. The molecule has 0 aliphatic carbocycles. The Morgan fingerprint density at radius 3 is 2.76 bits per heavy atom. The summed E-state index contributed by atoms with van der Waals surface area (Å²) < 4.78 is 15.6. The Morgan fingerprint density at radius 2 is 2.08 bits per heavy atom. The first-order chi connectivity index (χ1) is 12.1. The highest BCUT2D eigenvalue weighted by Gasteiger charge is 2.18. The van der Waals surface area contributed by atoms with Crippen LogP contribution in [0.5, 0.6) is 0 Å². The zero-order valence-corrected chi connectivity index (χ0v) is 14.4. The number of esters is 1. The Balaban J connectivity index is 1.92. The molecule has 1 aliphatic rings. The summed E-state index contributed by atoms with van der Waals surface area (Å²) in [7, 11) is 1.37. The summed E-state index contributed by atoms with van der Waals surface area (Å²) in [4.78, 5) is 23.8. The smallest absolute Gasteiger partial charge is 0.305 e. The molecular weight excluding hydrogens is 328 g/mol. The third-order valence-corrected chi connectivity index (χ3v) is 4.03. The van der Waals surface area contributed by atoms with Gasteiger partial charge in [-0.05, 0) is 18.9 Å². The Labute approximate surface area is 146 Å². The first kappa shape index (κ1) is 19.1. The number of hydrogen-bond donors (Lipinski definition) is 0. The maximum atomic E-state index is 11.0. The van der Waals surface area contributed by atoms with Crippen LogP contribution in [0.25, 0.3) is 0 Å². The van der Waals surface area contributed by atoms with E-state index < -0.39 is 4.92 Å². The van der Waals surface area contributed by atoms with Gasteiger partial charge in [0.2, 0.25) is 0 Å². The number of non-ortho nitro benzene ring substituents is 1. The van der Waals surface area contributed by atoms with Crippen LogP contribution >= 0.6 is 0 Å². The average molecular weight is 352 g/mol. The highest BCUT2D eigenvalue weighted by molar-refractivity contribution is 5.68. The third kappa shape index (κ3) is 5.99. The molecule has 1 saturated heterocycles. The van der Waals surface area contributed by atoms with Gasteiger partial charge in [-0.3, -0.25) is 14.9 Å². The zero-order valence-electron chi connectivity index (χ0n) is 14.4. The van der Waals surface area contributed by atoms with Crippen molar-refractivity contribution in [3.8, 4) is 0 Å². The highest BCUT2D eigenvalue weighted by atomic mass is 16.6. The molecule has 0 radical (unpaired) electrons. The number of anilines is 1. The van der Waals surface area contributed by atoms with Crippen LogP contribution < -0.4 is 4.90 Å². The number of nitro groups is 1. The van der Waals surface area contributed by atoms with Gasteiger partial charge in [-0.25, -0.2) is 0 Å². The Kier molecular flexibility index (Phi) is 7.62. The van der Waals surface area contributed by atoms with Crippen molar-refractivity contribution in [2.45, 2.75) is 25.9 Å². The average Bonchev–Trinajstić information content (AvgIpc) is 2.64. The van der Waals surface area contributed by atoms with E-state index in [-0.39, 0.29) is 11.7 Å². The van der Waals surface area contributed by atoms with E-state index in [1.165, 1.54) is 13.2 Å². The van der Waals surface area contributed by atoms with Crippen LogP contribution in [-0.4, -0.2) is 50.9 Å². The first-order valence-corrected chi connectivity index (χ1v) is 8.36. The molecule has 0 aromatic heterocycles. The number of ether oxygens (including phenoxy) is 3. The summed E-state index contributed by atoms with van der Waals surface area (Å²) in [5, 5.41) is 11.0. The van der Waals surface area contributed by atoms with E-state index in [2.05, 4.69) is 9.64 Å². The minimum atomic E-state index is -0.400. The second-order valence-corrected chi connectivity index (χ2v) is 5.76. The molecule has 0 atom stereocenters. The van der Waals surface area contributed by atoms with Gasteiger partial charge in [-0.2, -0.15) is 0 Å². The molecule has 138 valence electrons. The first-order valence-electron chi connectivity index (χ1n) is 8.36. The van der Waals surface area contributed by atoms with Gasteiger partial charge >= 0.3 is 5.97 Å². The molecule has 0 saturated carbocycles. The molecule has 0 unspecified atom stereocenters. The standard InChI is InChI=1S/C17H24N2O6/c1-23-17(20)4-2-3-9-25-13-14-12-15(19(21)22)5-6-16(14)18-7-10-24-11-8-18/h5-6,12H,2-4,7-11,13H2,1H3. The second kappa shape index (κ2) is 9.95. The van der Waals surface area contributed by atoms with Crippen molar-refractivity contribution >= 4 is 17.3 Å². The molecule has 1 aromatic rings. The SMILES string of the molecule is COC(=O)CCCCOCc1cc([N+](=O)[O-])ccc1N1CCOCC1. The lowest BCUT2D eigenvalue weighted by Gasteiger charge is -2.30. The van der Waals surface area contributed by atoms with E-state index in [0.717, 1.165) is 30.8 Å². The minimum Gasteiger partial charge on any atom is -0.469 e. The molecule has 25 heavy (non-hydrogen) atoms. The van der Waals surface area contributed by atoms with Gasteiger partial charge < -0.3 is 19.1 Å². The molecule has 1 fully saturated rings. The molecule has 8 heteroatoms. The topological polar surface area (TPSA) is 91.1 Å². The van der Waals surface area contributed by atoms with E-state index in [4.69, 9.17) is 9.47 Å². The predicted molar refractivity (Wildman–Crippen MR) is 91.7 cm³/mol. The Bertz CT molecular complexity index is 587. The molecule has 1 aromatic carbocycles. The maximum absolute atomic E-state index is 11.0. The molecule has 1 aliphatic heterocycles. The molecule has 0 amide bonds. The van der Waals surface area contributed by atoms with Crippen molar-refractivity contribution in [3.63, 3.8) is 0 Å². The fourth-order valence-corrected chi connectivity index (χ4v) is 2.67. The molecule has 1 heterocycles. The van der Waals surface area contributed by atoms with Gasteiger partial charge in [0, 0.05) is 49.5 Å². The van der Waals surface area contributed by atoms with E-state index >= 15 is 0 Å². The second-order valence-electron chi connectivity index (χ2n) is 5.76. The maximum Gasteiger partial charge on any atom is 0.305 e. The predicted octanol–water partition coefficient (Wildman–Crippen LogP) is 2.29. The largest absolute Gasteiger partial charge is 0.469 e. The minimum absolute atomic E-state index is 0.0568. The van der Waals surface area contributed by atoms with E-state index in [0.29, 0.717) is 39.3 Å². The number of carbonyl (C=O) groups excluding carboxylic acids is 1. The van der Waals surface area contributed by atoms with Gasteiger partial charge in [0.1, 0.15) is 0 Å². The van der Waals surface area contributed by atoms with E-state index in [1.54, 1.807) is 12.1 Å². The lowest BCUT2D eigenvalue weighted by molar-refractivity contribution is -0.384. The van der Waals surface area contributed by atoms with Crippen molar-refractivity contribution in [2.75, 3.05) is 44.9 Å².